The molecule has 3 aromatic rings. The lowest BCUT2D eigenvalue weighted by molar-refractivity contribution is 0.0699. The third kappa shape index (κ3) is 2.90. The number of halogens is 2. The van der Waals surface area contributed by atoms with Crippen LogP contribution in [0.2, 0.25) is 0 Å². The predicted molar refractivity (Wildman–Crippen MR) is 85.2 cm³/mol. The Hall–Kier alpha value is -3.02. The van der Waals surface area contributed by atoms with Crippen LogP contribution in [0, 0.1) is 11.6 Å². The molecule has 6 heteroatoms. The first-order valence-corrected chi connectivity index (χ1v) is 7.26. The fraction of sp³-hybridized carbons (Fsp3) is 0.111. The van der Waals surface area contributed by atoms with Gasteiger partial charge in [-0.15, -0.1) is 0 Å². The molecule has 24 heavy (non-hydrogen) atoms. The van der Waals surface area contributed by atoms with Gasteiger partial charge in [0.1, 0.15) is 17.1 Å². The summed E-state index contributed by atoms with van der Waals surface area (Å²) in [5, 5.41) is 9.30. The molecule has 0 aliphatic carbocycles. The van der Waals surface area contributed by atoms with Gasteiger partial charge >= 0.3 is 5.97 Å². The molecule has 0 atom stereocenters. The maximum atomic E-state index is 14.1. The van der Waals surface area contributed by atoms with Crippen molar-refractivity contribution in [3.05, 3.63) is 59.7 Å². The zero-order valence-electron chi connectivity index (χ0n) is 12.7. The van der Waals surface area contributed by atoms with Crippen LogP contribution in [-0.4, -0.2) is 22.7 Å². The molecule has 1 N–H and O–H groups in total. The third-order valence-electron chi connectivity index (χ3n) is 3.50. The van der Waals surface area contributed by atoms with Crippen LogP contribution in [0.25, 0.3) is 22.2 Å². The number of nitrogens with zero attached hydrogens (tertiary/aromatic N) is 1. The first-order chi connectivity index (χ1) is 11.5. The van der Waals surface area contributed by atoms with Gasteiger partial charge in [0.2, 0.25) is 0 Å². The molecule has 2 aromatic carbocycles. The van der Waals surface area contributed by atoms with Crippen molar-refractivity contribution < 1.29 is 23.4 Å². The number of benzene rings is 2. The van der Waals surface area contributed by atoms with Crippen molar-refractivity contribution in [2.75, 3.05) is 6.61 Å². The number of hydrogen-bond acceptors (Lipinski definition) is 3. The number of aromatic nitrogens is 1. The standard InChI is InChI=1S/C18H13F2NO3/c1-2-24-12-5-3-4-10(6-12)16-9-14(18(22)23)13-7-11(19)8-15(20)17(13)21-16/h3-9H,2H2,1H3,(H,22,23). The Morgan fingerprint density at radius 2 is 2.00 bits per heavy atom. The number of carboxylic acids is 1. The number of pyridine rings is 1. The highest BCUT2D eigenvalue weighted by Crippen LogP contribution is 2.29. The average molecular weight is 329 g/mol. The lowest BCUT2D eigenvalue weighted by Crippen LogP contribution is -2.02. The molecule has 0 bridgehead atoms. The Morgan fingerprint density at radius 3 is 2.71 bits per heavy atom. The quantitative estimate of drug-likeness (QED) is 0.776. The van der Waals surface area contributed by atoms with Crippen molar-refractivity contribution in [2.24, 2.45) is 0 Å². The van der Waals surface area contributed by atoms with Gasteiger partial charge < -0.3 is 9.84 Å². The molecule has 0 aliphatic rings. The van der Waals surface area contributed by atoms with Crippen LogP contribution in [0.15, 0.2) is 42.5 Å². The third-order valence-corrected chi connectivity index (χ3v) is 3.50. The Morgan fingerprint density at radius 1 is 1.21 bits per heavy atom. The Bertz CT molecular complexity index is 941. The number of carboxylic acid groups (broad SMARTS) is 1. The molecular weight excluding hydrogens is 316 g/mol. The Balaban J connectivity index is 2.26. The van der Waals surface area contributed by atoms with Crippen LogP contribution in [0.1, 0.15) is 17.3 Å². The molecule has 1 heterocycles. The molecule has 0 aliphatic heterocycles. The second-order valence-electron chi connectivity index (χ2n) is 5.10. The lowest BCUT2D eigenvalue weighted by atomic mass is 10.0. The van der Waals surface area contributed by atoms with Crippen LogP contribution in [0.3, 0.4) is 0 Å². The van der Waals surface area contributed by atoms with Gasteiger partial charge in [-0.3, -0.25) is 0 Å². The number of rotatable bonds is 4. The van der Waals surface area contributed by atoms with E-state index in [4.69, 9.17) is 4.74 Å². The van der Waals surface area contributed by atoms with Crippen molar-refractivity contribution in [3.63, 3.8) is 0 Å². The maximum absolute atomic E-state index is 14.1. The predicted octanol–water partition coefficient (Wildman–Crippen LogP) is 4.28. The molecule has 0 saturated heterocycles. The second-order valence-corrected chi connectivity index (χ2v) is 5.10. The van der Waals surface area contributed by atoms with E-state index in [0.717, 1.165) is 6.07 Å². The molecule has 3 rings (SSSR count). The summed E-state index contributed by atoms with van der Waals surface area (Å²) in [5.41, 5.74) is 0.448. The number of aromatic carboxylic acids is 1. The molecule has 0 fully saturated rings. The number of fused-ring (bicyclic) bond motifs is 1. The average Bonchev–Trinajstić information content (AvgIpc) is 2.54. The minimum Gasteiger partial charge on any atom is -0.494 e. The van der Waals surface area contributed by atoms with Crippen molar-refractivity contribution in [1.29, 1.82) is 0 Å². The molecule has 122 valence electrons. The van der Waals surface area contributed by atoms with Gasteiger partial charge in [0.15, 0.2) is 5.82 Å². The monoisotopic (exact) mass is 329 g/mol. The molecular formula is C18H13F2NO3. The van der Waals surface area contributed by atoms with Crippen molar-refractivity contribution in [1.82, 2.24) is 4.98 Å². The normalized spacial score (nSPS) is 10.8. The zero-order valence-corrected chi connectivity index (χ0v) is 12.7. The highest BCUT2D eigenvalue weighted by Gasteiger charge is 2.17. The fourth-order valence-corrected chi connectivity index (χ4v) is 2.49. The number of carbonyl (C=O) groups is 1. The van der Waals surface area contributed by atoms with Gasteiger partial charge in [0.05, 0.1) is 17.9 Å². The largest absolute Gasteiger partial charge is 0.494 e. The molecule has 1 aromatic heterocycles. The van der Waals surface area contributed by atoms with Crippen LogP contribution in [0.5, 0.6) is 5.75 Å². The van der Waals surface area contributed by atoms with Crippen LogP contribution >= 0.6 is 0 Å². The molecule has 4 nitrogen and oxygen atoms in total. The topological polar surface area (TPSA) is 59.4 Å². The van der Waals surface area contributed by atoms with E-state index < -0.39 is 17.6 Å². The van der Waals surface area contributed by atoms with E-state index in [1.54, 1.807) is 24.3 Å². The first kappa shape index (κ1) is 15.9. The van der Waals surface area contributed by atoms with Crippen LogP contribution in [-0.2, 0) is 0 Å². The molecule has 0 unspecified atom stereocenters. The van der Waals surface area contributed by atoms with Crippen LogP contribution in [0.4, 0.5) is 8.78 Å². The smallest absolute Gasteiger partial charge is 0.336 e. The van der Waals surface area contributed by atoms with Gasteiger partial charge in [-0.25, -0.2) is 18.6 Å². The van der Waals surface area contributed by atoms with Crippen molar-refractivity contribution in [2.45, 2.75) is 6.92 Å². The van der Waals surface area contributed by atoms with Gasteiger partial charge in [0, 0.05) is 17.0 Å². The number of ether oxygens (including phenoxy) is 1. The van der Waals surface area contributed by atoms with E-state index in [9.17, 15) is 18.7 Å². The summed E-state index contributed by atoms with van der Waals surface area (Å²) in [6, 6.07) is 9.83. The van der Waals surface area contributed by atoms with Gasteiger partial charge in [0.25, 0.3) is 0 Å². The maximum Gasteiger partial charge on any atom is 0.336 e. The van der Waals surface area contributed by atoms with E-state index in [1.807, 2.05) is 6.92 Å². The minimum atomic E-state index is -1.28. The summed E-state index contributed by atoms with van der Waals surface area (Å²) in [5.74, 6) is -2.45. The summed E-state index contributed by atoms with van der Waals surface area (Å²) in [7, 11) is 0. The summed E-state index contributed by atoms with van der Waals surface area (Å²) in [4.78, 5) is 15.7. The Kier molecular flexibility index (Phi) is 4.12. The number of hydrogen-bond donors (Lipinski definition) is 1. The van der Waals surface area contributed by atoms with E-state index in [2.05, 4.69) is 4.98 Å². The second kappa shape index (κ2) is 6.23. The van der Waals surface area contributed by atoms with E-state index in [1.165, 1.54) is 6.07 Å². The van der Waals surface area contributed by atoms with Crippen LogP contribution < -0.4 is 4.74 Å². The van der Waals surface area contributed by atoms with Crippen molar-refractivity contribution >= 4 is 16.9 Å². The fourth-order valence-electron chi connectivity index (χ4n) is 2.49. The molecule has 0 amide bonds. The van der Waals surface area contributed by atoms with E-state index in [0.29, 0.717) is 24.0 Å². The SMILES string of the molecule is CCOc1cccc(-c2cc(C(=O)O)c3cc(F)cc(F)c3n2)c1. The zero-order chi connectivity index (χ0) is 17.3. The summed E-state index contributed by atoms with van der Waals surface area (Å²) >= 11 is 0. The molecule has 0 spiro atoms. The Labute approximate surface area is 136 Å². The van der Waals surface area contributed by atoms with E-state index in [-0.39, 0.29) is 22.2 Å². The molecule has 0 radical (unpaired) electrons. The lowest BCUT2D eigenvalue weighted by Gasteiger charge is -2.09. The van der Waals surface area contributed by atoms with Crippen molar-refractivity contribution in [3.8, 4) is 17.0 Å². The summed E-state index contributed by atoms with van der Waals surface area (Å²) in [6.45, 7) is 2.32. The van der Waals surface area contributed by atoms with Gasteiger partial charge in [-0.2, -0.15) is 0 Å². The summed E-state index contributed by atoms with van der Waals surface area (Å²) < 4.78 is 32.9. The highest BCUT2D eigenvalue weighted by atomic mass is 19.1. The molecule has 0 saturated carbocycles. The minimum absolute atomic E-state index is 0.0790. The highest BCUT2D eigenvalue weighted by molar-refractivity contribution is 6.03. The summed E-state index contributed by atoms with van der Waals surface area (Å²) in [6.07, 6.45) is 0. The van der Waals surface area contributed by atoms with E-state index >= 15 is 0 Å². The van der Waals surface area contributed by atoms with Gasteiger partial charge in [-0.1, -0.05) is 12.1 Å². The first-order valence-electron chi connectivity index (χ1n) is 7.26. The van der Waals surface area contributed by atoms with Gasteiger partial charge in [-0.05, 0) is 31.2 Å².